The van der Waals surface area contributed by atoms with Gasteiger partial charge in [0.15, 0.2) is 11.5 Å². The van der Waals surface area contributed by atoms with Crippen LogP contribution < -0.4 is 10.9 Å². The fourth-order valence-corrected chi connectivity index (χ4v) is 4.56. The van der Waals surface area contributed by atoms with E-state index in [0.29, 0.717) is 28.5 Å². The Labute approximate surface area is 223 Å². The lowest BCUT2D eigenvalue weighted by Crippen LogP contribution is -2.23. The second kappa shape index (κ2) is 9.34. The Hall–Kier alpha value is -5.09. The Morgan fingerprint density at radius 2 is 1.95 bits per heavy atom. The second-order valence-corrected chi connectivity index (χ2v) is 9.65. The average Bonchev–Trinajstić information content (AvgIpc) is 3.47. The van der Waals surface area contributed by atoms with E-state index in [1.54, 1.807) is 49.0 Å². The molecule has 0 fully saturated rings. The van der Waals surface area contributed by atoms with Crippen molar-refractivity contribution in [3.63, 3.8) is 0 Å². The fourth-order valence-electron chi connectivity index (χ4n) is 4.56. The largest absolute Gasteiger partial charge is 0.384 e. The van der Waals surface area contributed by atoms with Gasteiger partial charge in [-0.3, -0.25) is 9.78 Å². The highest BCUT2D eigenvalue weighted by molar-refractivity contribution is 5.86. The van der Waals surface area contributed by atoms with Crippen LogP contribution in [-0.2, 0) is 12.1 Å². The zero-order valence-electron chi connectivity index (χ0n) is 21.5. The quantitative estimate of drug-likeness (QED) is 0.300. The molecule has 0 spiro atoms. The summed E-state index contributed by atoms with van der Waals surface area (Å²) in [5, 5.41) is 15.2. The molecule has 0 saturated heterocycles. The molecule has 0 aliphatic heterocycles. The zero-order chi connectivity index (χ0) is 27.1. The molecule has 194 valence electrons. The van der Waals surface area contributed by atoms with Gasteiger partial charge in [-0.25, -0.2) is 19.3 Å². The number of aromatic nitrogens is 7. The Balaban J connectivity index is 1.42. The number of nitrogens with one attached hydrogen (secondary N) is 1. The van der Waals surface area contributed by atoms with Crippen LogP contribution in [-0.4, -0.2) is 39.0 Å². The maximum absolute atomic E-state index is 13.2. The van der Waals surface area contributed by atoms with Gasteiger partial charge in [0.2, 0.25) is 5.95 Å². The number of fused-ring (bicyclic) bond motifs is 2. The molecule has 0 atom stereocenters. The molecule has 10 nitrogen and oxygen atoms in total. The Kier molecular flexibility index (Phi) is 5.81. The Bertz CT molecular complexity index is 1890. The Morgan fingerprint density at radius 1 is 1.08 bits per heavy atom. The van der Waals surface area contributed by atoms with Gasteiger partial charge in [-0.15, -0.1) is 6.58 Å². The number of hydrogen-bond acceptors (Lipinski definition) is 7. The predicted octanol–water partition coefficient (Wildman–Crippen LogP) is 4.47. The number of rotatable bonds is 7. The van der Waals surface area contributed by atoms with Gasteiger partial charge in [-0.2, -0.15) is 4.98 Å². The van der Waals surface area contributed by atoms with Gasteiger partial charge in [-0.05, 0) is 62.4 Å². The molecule has 6 rings (SSSR count). The normalized spacial score (nSPS) is 11.8. The van der Waals surface area contributed by atoms with Crippen molar-refractivity contribution < 1.29 is 5.11 Å². The number of anilines is 2. The number of benzene rings is 1. The molecule has 5 heterocycles. The summed E-state index contributed by atoms with van der Waals surface area (Å²) < 4.78 is 5.21. The smallest absolute Gasteiger partial charge is 0.278 e. The molecule has 39 heavy (non-hydrogen) atoms. The lowest BCUT2D eigenvalue weighted by atomic mass is 10.1. The minimum atomic E-state index is -1.15. The van der Waals surface area contributed by atoms with Crippen molar-refractivity contribution in [1.82, 2.24) is 33.9 Å². The van der Waals surface area contributed by atoms with Crippen LogP contribution in [0.5, 0.6) is 0 Å². The van der Waals surface area contributed by atoms with E-state index in [4.69, 9.17) is 4.98 Å². The highest BCUT2D eigenvalue weighted by Crippen LogP contribution is 2.26. The topological polar surface area (TPSA) is 116 Å². The van der Waals surface area contributed by atoms with Gasteiger partial charge in [0, 0.05) is 29.7 Å². The first-order chi connectivity index (χ1) is 18.8. The third kappa shape index (κ3) is 4.36. The van der Waals surface area contributed by atoms with Crippen molar-refractivity contribution in [1.29, 1.82) is 0 Å². The summed E-state index contributed by atoms with van der Waals surface area (Å²) in [4.78, 5) is 31.2. The molecule has 0 aliphatic carbocycles. The summed E-state index contributed by atoms with van der Waals surface area (Å²) in [6.45, 7) is 7.36. The Morgan fingerprint density at radius 3 is 2.72 bits per heavy atom. The molecule has 0 radical (unpaired) electrons. The van der Waals surface area contributed by atoms with Gasteiger partial charge in [0.1, 0.15) is 11.0 Å². The molecule has 5 aromatic heterocycles. The summed E-state index contributed by atoms with van der Waals surface area (Å²) in [7, 11) is 0. The van der Waals surface area contributed by atoms with Gasteiger partial charge >= 0.3 is 0 Å². The minimum Gasteiger partial charge on any atom is -0.384 e. The van der Waals surface area contributed by atoms with Gasteiger partial charge in [0.05, 0.1) is 29.6 Å². The van der Waals surface area contributed by atoms with Crippen LogP contribution in [0.4, 0.5) is 11.6 Å². The standard InChI is InChI=1S/C29H26N8O2/c1-4-14-36-27(38)22-18-31-28(34-26(22)37(36)25-9-5-8-24(33-25)29(2,3)39)32-20-10-11-23-19(16-20)12-15-35(23)21-7-6-13-30-17-21/h4-13,15-18,39H,1,14H2,2-3H3,(H,31,32,34). The maximum Gasteiger partial charge on any atom is 0.278 e. The number of allylic oxidation sites excluding steroid dienone is 1. The van der Waals surface area contributed by atoms with Crippen molar-refractivity contribution in [2.24, 2.45) is 0 Å². The molecule has 0 unspecified atom stereocenters. The van der Waals surface area contributed by atoms with Gasteiger partial charge < -0.3 is 15.0 Å². The summed E-state index contributed by atoms with van der Waals surface area (Å²) in [6.07, 6.45) is 8.72. The van der Waals surface area contributed by atoms with E-state index in [-0.39, 0.29) is 12.1 Å². The van der Waals surface area contributed by atoms with E-state index in [9.17, 15) is 9.90 Å². The lowest BCUT2D eigenvalue weighted by Gasteiger charge is -2.18. The molecule has 10 heteroatoms. The second-order valence-electron chi connectivity index (χ2n) is 9.65. The van der Waals surface area contributed by atoms with E-state index < -0.39 is 5.60 Å². The molecular weight excluding hydrogens is 492 g/mol. The van der Waals surface area contributed by atoms with Crippen LogP contribution in [0.1, 0.15) is 19.5 Å². The molecule has 6 aromatic rings. The first-order valence-electron chi connectivity index (χ1n) is 12.4. The highest BCUT2D eigenvalue weighted by Gasteiger charge is 2.21. The molecule has 0 bridgehead atoms. The molecule has 0 amide bonds. The van der Waals surface area contributed by atoms with Crippen molar-refractivity contribution in [3.8, 4) is 11.5 Å². The van der Waals surface area contributed by atoms with Gasteiger partial charge in [0.25, 0.3) is 5.56 Å². The van der Waals surface area contributed by atoms with Crippen molar-refractivity contribution in [2.75, 3.05) is 5.32 Å². The van der Waals surface area contributed by atoms with Crippen molar-refractivity contribution in [3.05, 3.63) is 108 Å². The van der Waals surface area contributed by atoms with E-state index in [1.165, 1.54) is 10.9 Å². The van der Waals surface area contributed by atoms with Crippen LogP contribution in [0.2, 0.25) is 0 Å². The molecule has 0 saturated carbocycles. The first-order valence-corrected chi connectivity index (χ1v) is 12.4. The lowest BCUT2D eigenvalue weighted by molar-refractivity contribution is 0.0738. The van der Waals surface area contributed by atoms with Crippen LogP contribution in [0, 0.1) is 0 Å². The predicted molar refractivity (Wildman–Crippen MR) is 151 cm³/mol. The fraction of sp³-hybridized carbons (Fsp3) is 0.138. The monoisotopic (exact) mass is 518 g/mol. The SMILES string of the molecule is C=CCn1c(=O)c2cnc(Nc3ccc4c(ccn4-c4cccnc4)c3)nc2n1-c1cccc(C(C)(C)O)n1. The van der Waals surface area contributed by atoms with Crippen LogP contribution >= 0.6 is 0 Å². The van der Waals surface area contributed by atoms with E-state index in [1.807, 2.05) is 48.8 Å². The minimum absolute atomic E-state index is 0.247. The van der Waals surface area contributed by atoms with Gasteiger partial charge in [-0.1, -0.05) is 12.1 Å². The third-order valence-electron chi connectivity index (χ3n) is 6.43. The summed E-state index contributed by atoms with van der Waals surface area (Å²) in [5.74, 6) is 0.781. The summed E-state index contributed by atoms with van der Waals surface area (Å²) in [6, 6.07) is 17.2. The number of nitrogens with zero attached hydrogens (tertiary/aromatic N) is 7. The summed E-state index contributed by atoms with van der Waals surface area (Å²) in [5.41, 5.74) is 2.27. The average molecular weight is 519 g/mol. The van der Waals surface area contributed by atoms with E-state index in [0.717, 1.165) is 22.3 Å². The number of pyridine rings is 2. The van der Waals surface area contributed by atoms with Crippen molar-refractivity contribution in [2.45, 2.75) is 26.0 Å². The van der Waals surface area contributed by atoms with Crippen LogP contribution in [0.3, 0.4) is 0 Å². The molecular formula is C29H26N8O2. The number of hydrogen-bond donors (Lipinski definition) is 2. The van der Waals surface area contributed by atoms with Crippen molar-refractivity contribution >= 4 is 33.6 Å². The maximum atomic E-state index is 13.2. The summed E-state index contributed by atoms with van der Waals surface area (Å²) >= 11 is 0. The van der Waals surface area contributed by atoms with Crippen LogP contribution in [0.25, 0.3) is 33.4 Å². The molecule has 2 N–H and O–H groups in total. The molecule has 0 aliphatic rings. The molecule has 1 aromatic carbocycles. The first kappa shape index (κ1) is 24.3. The number of aliphatic hydroxyl groups is 1. The highest BCUT2D eigenvalue weighted by atomic mass is 16.3. The van der Waals surface area contributed by atoms with E-state index >= 15 is 0 Å². The van der Waals surface area contributed by atoms with Crippen LogP contribution in [0.15, 0.2) is 96.8 Å². The third-order valence-corrected chi connectivity index (χ3v) is 6.43. The van der Waals surface area contributed by atoms with E-state index in [2.05, 4.69) is 31.4 Å². The zero-order valence-corrected chi connectivity index (χ0v) is 21.5.